The molecule has 3 N–H and O–H groups in total. The Labute approximate surface area is 115 Å². The Kier molecular flexibility index (Phi) is 6.27. The Balaban J connectivity index is 2.48. The molecule has 7 heteroatoms. The fourth-order valence-electron chi connectivity index (χ4n) is 1.57. The normalized spacial score (nSPS) is 11.6. The minimum Gasteiger partial charge on any atom is -0.384 e. The smallest absolute Gasteiger partial charge is 0.384 e. The molecule has 0 bridgehead atoms. The number of pyridine rings is 1. The largest absolute Gasteiger partial charge is 0.416 e. The van der Waals surface area contributed by atoms with E-state index >= 15 is 0 Å². The number of unbranched alkanes of at least 4 members (excludes halogenated alkanes) is 2. The summed E-state index contributed by atoms with van der Waals surface area (Å²) in [6.07, 6.45) is 0.709. The van der Waals surface area contributed by atoms with Gasteiger partial charge < -0.3 is 11.1 Å². The van der Waals surface area contributed by atoms with E-state index in [4.69, 9.17) is 5.73 Å². The van der Waals surface area contributed by atoms with Gasteiger partial charge in [0.15, 0.2) is 0 Å². The number of aromatic nitrogens is 1. The Morgan fingerprint density at radius 3 is 2.63 bits per heavy atom. The lowest BCUT2D eigenvalue weighted by atomic mass is 10.2. The zero-order chi connectivity index (χ0) is 14.3. The Hall–Kier alpha value is -1.11. The maximum Gasteiger partial charge on any atom is 0.416 e. The molecule has 0 aliphatic rings. The average Bonchev–Trinajstić information content (AvgIpc) is 2.32. The molecule has 0 saturated heterocycles. The van der Waals surface area contributed by atoms with Crippen LogP contribution in [0.15, 0.2) is 12.1 Å². The highest BCUT2D eigenvalue weighted by atomic mass is 32.2. The Bertz CT molecular complexity index is 396. The quantitative estimate of drug-likeness (QED) is 0.754. The predicted molar refractivity (Wildman–Crippen MR) is 74.4 cm³/mol. The zero-order valence-corrected chi connectivity index (χ0v) is 11.6. The van der Waals surface area contributed by atoms with Crippen molar-refractivity contribution >= 4 is 23.4 Å². The number of halogens is 3. The van der Waals surface area contributed by atoms with Gasteiger partial charge in [0.2, 0.25) is 0 Å². The molecule has 0 unspecified atom stereocenters. The van der Waals surface area contributed by atoms with Crippen molar-refractivity contribution < 1.29 is 13.2 Å². The van der Waals surface area contributed by atoms with Gasteiger partial charge in [-0.2, -0.15) is 24.9 Å². The van der Waals surface area contributed by atoms with Gasteiger partial charge in [0, 0.05) is 6.54 Å². The molecule has 0 atom stereocenters. The van der Waals surface area contributed by atoms with Crippen LogP contribution in [0.1, 0.15) is 24.8 Å². The first-order valence-electron chi connectivity index (χ1n) is 6.01. The summed E-state index contributed by atoms with van der Waals surface area (Å²) in [5.41, 5.74) is 4.60. The number of nitrogens with one attached hydrogen (secondary N) is 1. The van der Waals surface area contributed by atoms with Crippen molar-refractivity contribution in [1.29, 1.82) is 0 Å². The van der Waals surface area contributed by atoms with E-state index in [1.165, 1.54) is 0 Å². The number of nitrogen functional groups attached to an aromatic ring is 1. The van der Waals surface area contributed by atoms with Gasteiger partial charge in [-0.15, -0.1) is 0 Å². The predicted octanol–water partition coefficient (Wildman–Crippen LogP) is 3.63. The van der Waals surface area contributed by atoms with Gasteiger partial charge in [0.1, 0.15) is 11.6 Å². The van der Waals surface area contributed by atoms with Crippen molar-refractivity contribution in [3.8, 4) is 0 Å². The van der Waals surface area contributed by atoms with Gasteiger partial charge in [-0.25, -0.2) is 4.98 Å². The van der Waals surface area contributed by atoms with Crippen LogP contribution < -0.4 is 11.1 Å². The van der Waals surface area contributed by atoms with Gasteiger partial charge in [-0.1, -0.05) is 6.42 Å². The van der Waals surface area contributed by atoms with Crippen molar-refractivity contribution in [3.05, 3.63) is 17.7 Å². The molecule has 1 aromatic rings. The second-order valence-corrected chi connectivity index (χ2v) is 5.13. The van der Waals surface area contributed by atoms with E-state index in [1.807, 2.05) is 6.26 Å². The first kappa shape index (κ1) is 15.9. The van der Waals surface area contributed by atoms with Crippen LogP contribution in [0.4, 0.5) is 24.8 Å². The van der Waals surface area contributed by atoms with Crippen LogP contribution in [0.2, 0.25) is 0 Å². The third-order valence-corrected chi connectivity index (χ3v) is 3.20. The molecule has 108 valence electrons. The van der Waals surface area contributed by atoms with Crippen LogP contribution in [-0.2, 0) is 6.18 Å². The Morgan fingerprint density at radius 2 is 2.00 bits per heavy atom. The van der Waals surface area contributed by atoms with E-state index < -0.39 is 11.7 Å². The summed E-state index contributed by atoms with van der Waals surface area (Å²) in [7, 11) is 0. The van der Waals surface area contributed by atoms with Crippen LogP contribution >= 0.6 is 11.8 Å². The van der Waals surface area contributed by atoms with Crippen molar-refractivity contribution in [1.82, 2.24) is 4.98 Å². The molecule has 0 amide bonds. The summed E-state index contributed by atoms with van der Waals surface area (Å²) in [6.45, 7) is 0.599. The van der Waals surface area contributed by atoms with Crippen LogP contribution in [-0.4, -0.2) is 23.5 Å². The SMILES string of the molecule is CSCCCCCNc1cc(C(F)(F)F)cc(N)n1. The molecule has 1 heterocycles. The molecule has 3 nitrogen and oxygen atoms in total. The van der Waals surface area contributed by atoms with E-state index in [0.717, 1.165) is 37.1 Å². The second-order valence-electron chi connectivity index (χ2n) is 4.14. The van der Waals surface area contributed by atoms with Gasteiger partial charge in [0.05, 0.1) is 5.56 Å². The molecule has 0 aliphatic heterocycles. The van der Waals surface area contributed by atoms with E-state index in [9.17, 15) is 13.2 Å². The highest BCUT2D eigenvalue weighted by Crippen LogP contribution is 2.31. The lowest BCUT2D eigenvalue weighted by molar-refractivity contribution is -0.137. The van der Waals surface area contributed by atoms with Gasteiger partial charge >= 0.3 is 6.18 Å². The van der Waals surface area contributed by atoms with E-state index in [0.29, 0.717) is 6.54 Å². The zero-order valence-electron chi connectivity index (χ0n) is 10.8. The van der Waals surface area contributed by atoms with Crippen molar-refractivity contribution in [3.63, 3.8) is 0 Å². The lowest BCUT2D eigenvalue weighted by Gasteiger charge is -2.11. The highest BCUT2D eigenvalue weighted by molar-refractivity contribution is 7.98. The number of nitrogens with two attached hydrogens (primary N) is 1. The molecular formula is C12H18F3N3S. The molecule has 1 rings (SSSR count). The molecule has 1 aromatic heterocycles. The number of hydrogen-bond donors (Lipinski definition) is 2. The third-order valence-electron chi connectivity index (χ3n) is 2.50. The summed E-state index contributed by atoms with van der Waals surface area (Å²) in [5.74, 6) is 1.16. The minimum atomic E-state index is -4.40. The second kappa shape index (κ2) is 7.47. The van der Waals surface area contributed by atoms with E-state index in [1.54, 1.807) is 11.8 Å². The first-order valence-corrected chi connectivity index (χ1v) is 7.40. The molecule has 0 saturated carbocycles. The number of alkyl halides is 3. The van der Waals surface area contributed by atoms with Crippen LogP contribution in [0.3, 0.4) is 0 Å². The van der Waals surface area contributed by atoms with Crippen LogP contribution in [0.25, 0.3) is 0 Å². The molecule has 0 spiro atoms. The number of rotatable bonds is 7. The average molecular weight is 293 g/mol. The van der Waals surface area contributed by atoms with E-state index in [-0.39, 0.29) is 11.6 Å². The van der Waals surface area contributed by atoms with Gasteiger partial charge in [-0.3, -0.25) is 0 Å². The lowest BCUT2D eigenvalue weighted by Crippen LogP contribution is -2.10. The van der Waals surface area contributed by atoms with Gasteiger partial charge in [0.25, 0.3) is 0 Å². The number of thioether (sulfide) groups is 1. The van der Waals surface area contributed by atoms with Crippen molar-refractivity contribution in [2.75, 3.05) is 29.6 Å². The molecule has 0 radical (unpaired) electrons. The van der Waals surface area contributed by atoms with Crippen LogP contribution in [0.5, 0.6) is 0 Å². The minimum absolute atomic E-state index is 0.125. The first-order chi connectivity index (χ1) is 8.93. The van der Waals surface area contributed by atoms with Crippen molar-refractivity contribution in [2.45, 2.75) is 25.4 Å². The molecule has 0 aliphatic carbocycles. The van der Waals surface area contributed by atoms with Crippen molar-refractivity contribution in [2.24, 2.45) is 0 Å². The summed E-state index contributed by atoms with van der Waals surface area (Å²) < 4.78 is 37.7. The summed E-state index contributed by atoms with van der Waals surface area (Å²) >= 11 is 1.79. The Morgan fingerprint density at radius 1 is 1.26 bits per heavy atom. The molecule has 0 aromatic carbocycles. The highest BCUT2D eigenvalue weighted by Gasteiger charge is 2.31. The number of hydrogen-bond acceptors (Lipinski definition) is 4. The van der Waals surface area contributed by atoms with Gasteiger partial charge in [-0.05, 0) is 37.0 Å². The maximum absolute atomic E-state index is 12.6. The number of anilines is 2. The summed E-state index contributed by atoms with van der Waals surface area (Å²) in [4.78, 5) is 3.84. The fraction of sp³-hybridized carbons (Fsp3) is 0.583. The molecule has 0 fully saturated rings. The fourth-order valence-corrected chi connectivity index (χ4v) is 2.06. The monoisotopic (exact) mass is 293 g/mol. The van der Waals surface area contributed by atoms with Crippen LogP contribution in [0, 0.1) is 0 Å². The summed E-state index contributed by atoms with van der Waals surface area (Å²) in [5, 5.41) is 2.88. The molecule has 19 heavy (non-hydrogen) atoms. The maximum atomic E-state index is 12.6. The standard InChI is InChI=1S/C12H18F3N3S/c1-19-6-4-2-3-5-17-11-8-9(12(13,14)15)7-10(16)18-11/h7-8H,2-6H2,1H3,(H3,16,17,18). The third kappa shape index (κ3) is 6.04. The topological polar surface area (TPSA) is 50.9 Å². The van der Waals surface area contributed by atoms with E-state index in [2.05, 4.69) is 10.3 Å². The summed E-state index contributed by atoms with van der Waals surface area (Å²) in [6, 6.07) is 1.82. The number of nitrogens with zero attached hydrogens (tertiary/aromatic N) is 1. The molecular weight excluding hydrogens is 275 g/mol.